The molecule has 0 amide bonds. The first-order valence-corrected chi connectivity index (χ1v) is 1.80. The molecule has 1 heteroatoms. The Morgan fingerprint density at radius 3 is 1.89 bits per heavy atom. The van der Waals surface area contributed by atoms with Gasteiger partial charge in [-0.2, -0.15) is 6.08 Å². The number of rotatable bonds is 0. The van der Waals surface area contributed by atoms with Crippen LogP contribution in [-0.2, 0) is 21.1 Å². The normalized spacial score (nSPS) is 9.78. The topological polar surface area (TPSA) is 0 Å². The van der Waals surface area contributed by atoms with Gasteiger partial charge in [0.1, 0.15) is 0 Å². The maximum absolute atomic E-state index is 2.92. The Labute approximate surface area is 74.3 Å². The summed E-state index contributed by atoms with van der Waals surface area (Å²) in [4.78, 5) is 0. The first-order chi connectivity index (χ1) is 2.50. The molecule has 0 aromatic rings. The molecule has 0 aromatic carbocycles. The Kier molecular flexibility index (Phi) is 40.0. The fourth-order valence-corrected chi connectivity index (χ4v) is 0.361. The summed E-state index contributed by atoms with van der Waals surface area (Å²) in [5, 5.41) is 0. The van der Waals surface area contributed by atoms with Crippen LogP contribution in [0, 0.1) is 28.4 Å². The van der Waals surface area contributed by atoms with Crippen LogP contribution in [0.2, 0.25) is 0 Å². The molecule has 0 aliphatic heterocycles. The van der Waals surface area contributed by atoms with Gasteiger partial charge in [-0.25, -0.2) is 6.08 Å². The predicted octanol–water partition coefficient (Wildman–Crippen LogP) is 2.64. The number of allylic oxidation sites excluding steroid dienone is 1. The fourth-order valence-electron chi connectivity index (χ4n) is 0.361. The average Bonchev–Trinajstić information content (AvgIpc) is 1.76. The largest absolute Gasteiger partial charge is 4.00 e. The van der Waals surface area contributed by atoms with Gasteiger partial charge in [0, 0.05) is 0 Å². The van der Waals surface area contributed by atoms with Gasteiger partial charge in [-0.05, 0) is 0 Å². The van der Waals surface area contributed by atoms with E-state index in [2.05, 4.69) is 11.8 Å². The van der Waals surface area contributed by atoms with E-state index in [1.807, 2.05) is 6.08 Å². The zero-order chi connectivity index (χ0) is 3.54. The minimum Gasteiger partial charge on any atom is -0.358 e. The third-order valence-corrected chi connectivity index (χ3v) is 0.618. The molecule has 56 valence electrons. The molecule has 0 unspecified atom stereocenters. The van der Waals surface area contributed by atoms with Crippen LogP contribution in [0.15, 0.2) is 11.8 Å². The van der Waals surface area contributed by atoms with E-state index in [1.54, 1.807) is 0 Å². The number of hydrogen-bond acceptors (Lipinski definition) is 0. The molecule has 0 fully saturated rings. The monoisotopic (exact) mass is 305 g/mol. The SMILES string of the molecule is C1=[C-]CCC=1.[CH3-].[CH3-].[CH3-].[Pt+4]. The van der Waals surface area contributed by atoms with Crippen molar-refractivity contribution in [2.45, 2.75) is 12.8 Å². The molecule has 1 aliphatic rings. The van der Waals surface area contributed by atoms with Crippen LogP contribution in [0.3, 0.4) is 0 Å². The first-order valence-electron chi connectivity index (χ1n) is 1.80. The summed E-state index contributed by atoms with van der Waals surface area (Å²) in [6, 6.07) is 0. The van der Waals surface area contributed by atoms with Crippen molar-refractivity contribution in [1.82, 2.24) is 0 Å². The van der Waals surface area contributed by atoms with Crippen molar-refractivity contribution in [1.29, 1.82) is 0 Å². The van der Waals surface area contributed by atoms with E-state index in [1.165, 1.54) is 0 Å². The van der Waals surface area contributed by atoms with Crippen LogP contribution in [0.5, 0.6) is 0 Å². The second-order valence-corrected chi connectivity index (χ2v) is 1.06. The van der Waals surface area contributed by atoms with E-state index in [0.29, 0.717) is 0 Å². The molecule has 0 atom stereocenters. The van der Waals surface area contributed by atoms with E-state index in [-0.39, 0.29) is 43.3 Å². The van der Waals surface area contributed by atoms with E-state index in [4.69, 9.17) is 0 Å². The summed E-state index contributed by atoms with van der Waals surface area (Å²) < 4.78 is 0. The van der Waals surface area contributed by atoms with Gasteiger partial charge in [-0.15, -0.1) is 12.8 Å². The molecule has 0 nitrogen and oxygen atoms in total. The molecule has 0 radical (unpaired) electrons. The molecular weight excluding hydrogens is 291 g/mol. The van der Waals surface area contributed by atoms with E-state index >= 15 is 0 Å². The zero-order valence-electron chi connectivity index (χ0n) is 6.31. The Hall–Kier alpha value is 0.208. The Morgan fingerprint density at radius 1 is 1.22 bits per heavy atom. The summed E-state index contributed by atoms with van der Waals surface area (Å²) in [7, 11) is 0. The van der Waals surface area contributed by atoms with Gasteiger partial charge in [0.2, 0.25) is 0 Å². The van der Waals surface area contributed by atoms with E-state index < -0.39 is 0 Å². The predicted molar refractivity (Wildman–Crippen MR) is 39.8 cm³/mol. The van der Waals surface area contributed by atoms with Crippen molar-refractivity contribution in [2.75, 3.05) is 0 Å². The number of hydrogen-bond donors (Lipinski definition) is 0. The molecular formula is C8H14Pt. The third kappa shape index (κ3) is 11.7. The Balaban J connectivity index is -0.0000000312. The van der Waals surface area contributed by atoms with Crippen LogP contribution >= 0.6 is 0 Å². The second kappa shape index (κ2) is 15.7. The standard InChI is InChI=1S/C5H5.3CH3.Pt/c1-2-4-5-3-1;;;;/h1H,2,4H2;3*1H3;/q4*-1;+4. The molecule has 0 aromatic heterocycles. The smallest absolute Gasteiger partial charge is 0.358 e. The van der Waals surface area contributed by atoms with Gasteiger partial charge in [-0.3, -0.25) is 0 Å². The summed E-state index contributed by atoms with van der Waals surface area (Å²) in [6.45, 7) is 0. The van der Waals surface area contributed by atoms with Gasteiger partial charge >= 0.3 is 21.1 Å². The van der Waals surface area contributed by atoms with Gasteiger partial charge in [0.15, 0.2) is 0 Å². The maximum Gasteiger partial charge on any atom is 4.00 e. The second-order valence-electron chi connectivity index (χ2n) is 1.06. The Morgan fingerprint density at radius 2 is 1.78 bits per heavy atom. The van der Waals surface area contributed by atoms with E-state index in [9.17, 15) is 0 Å². The van der Waals surface area contributed by atoms with Gasteiger partial charge in [0.25, 0.3) is 0 Å². The minimum atomic E-state index is 0. The van der Waals surface area contributed by atoms with Gasteiger partial charge < -0.3 is 28.0 Å². The Bertz CT molecular complexity index is 70.6. The van der Waals surface area contributed by atoms with Crippen molar-refractivity contribution >= 4 is 0 Å². The zero-order valence-corrected chi connectivity index (χ0v) is 8.58. The van der Waals surface area contributed by atoms with Crippen LogP contribution in [-0.4, -0.2) is 0 Å². The molecule has 0 saturated heterocycles. The van der Waals surface area contributed by atoms with Crippen molar-refractivity contribution in [3.8, 4) is 0 Å². The van der Waals surface area contributed by atoms with Crippen molar-refractivity contribution < 1.29 is 21.1 Å². The summed E-state index contributed by atoms with van der Waals surface area (Å²) in [5.41, 5.74) is 2.85. The van der Waals surface area contributed by atoms with Crippen molar-refractivity contribution in [2.24, 2.45) is 0 Å². The van der Waals surface area contributed by atoms with Crippen molar-refractivity contribution in [3.63, 3.8) is 0 Å². The summed E-state index contributed by atoms with van der Waals surface area (Å²) in [6.07, 6.45) is 7.15. The average molecular weight is 305 g/mol. The molecule has 9 heavy (non-hydrogen) atoms. The molecule has 0 heterocycles. The van der Waals surface area contributed by atoms with Crippen LogP contribution in [0.25, 0.3) is 0 Å². The molecule has 0 saturated carbocycles. The van der Waals surface area contributed by atoms with Crippen molar-refractivity contribution in [3.05, 3.63) is 40.2 Å². The molecule has 0 spiro atoms. The van der Waals surface area contributed by atoms with Crippen LogP contribution < -0.4 is 0 Å². The fraction of sp³-hybridized carbons (Fsp3) is 0.250. The third-order valence-electron chi connectivity index (χ3n) is 0.618. The molecule has 1 rings (SSSR count). The van der Waals surface area contributed by atoms with Crippen LogP contribution in [0.1, 0.15) is 12.8 Å². The minimum absolute atomic E-state index is 0. The molecule has 0 bridgehead atoms. The molecule has 1 aliphatic carbocycles. The molecule has 0 N–H and O–H groups in total. The van der Waals surface area contributed by atoms with E-state index in [0.717, 1.165) is 12.8 Å². The summed E-state index contributed by atoms with van der Waals surface area (Å²) >= 11 is 0. The first kappa shape index (κ1) is 22.9. The van der Waals surface area contributed by atoms with Gasteiger partial charge in [0.05, 0.1) is 0 Å². The maximum atomic E-state index is 2.92. The van der Waals surface area contributed by atoms with Gasteiger partial charge in [-0.1, -0.05) is 0 Å². The van der Waals surface area contributed by atoms with Crippen LogP contribution in [0.4, 0.5) is 0 Å². The summed E-state index contributed by atoms with van der Waals surface area (Å²) in [5.74, 6) is 0. The quantitative estimate of drug-likeness (QED) is 0.477.